The van der Waals surface area contributed by atoms with E-state index in [0.717, 1.165) is 28.1 Å². The molecule has 2 aromatic heterocycles. The molecule has 0 saturated carbocycles. The number of anilines is 2. The highest BCUT2D eigenvalue weighted by molar-refractivity contribution is 5.96. The Morgan fingerprint density at radius 2 is 1.97 bits per heavy atom. The number of nitrogens with zero attached hydrogens (tertiary/aromatic N) is 5. The number of hydrogen-bond acceptors (Lipinski definition) is 5. The Labute approximate surface area is 173 Å². The quantitative estimate of drug-likeness (QED) is 0.536. The summed E-state index contributed by atoms with van der Waals surface area (Å²) in [7, 11) is 0. The molecule has 30 heavy (non-hydrogen) atoms. The van der Waals surface area contributed by atoms with Crippen LogP contribution in [0.4, 0.5) is 16.4 Å². The summed E-state index contributed by atoms with van der Waals surface area (Å²) < 4.78 is 1.92. The fourth-order valence-electron chi connectivity index (χ4n) is 3.64. The first kappa shape index (κ1) is 18.1. The molecule has 8 heteroatoms. The van der Waals surface area contributed by atoms with Crippen molar-refractivity contribution >= 4 is 28.7 Å². The van der Waals surface area contributed by atoms with Crippen LogP contribution in [0.25, 0.3) is 16.9 Å². The van der Waals surface area contributed by atoms with Crippen molar-refractivity contribution in [2.24, 2.45) is 0 Å². The molecule has 0 unspecified atom stereocenters. The first-order valence-corrected chi connectivity index (χ1v) is 9.86. The van der Waals surface area contributed by atoms with E-state index in [1.54, 1.807) is 17.4 Å². The molecule has 4 aromatic rings. The largest absolute Gasteiger partial charge is 0.348 e. The molecule has 1 aliphatic heterocycles. The number of carbonyl (C=O) groups excluding carboxylic acids is 1. The molecule has 2 amide bonds. The van der Waals surface area contributed by atoms with Crippen LogP contribution in [0.1, 0.15) is 18.5 Å². The Balaban J connectivity index is 1.43. The maximum absolute atomic E-state index is 11.9. The lowest BCUT2D eigenvalue weighted by molar-refractivity contribution is 0.252. The molecule has 0 aliphatic carbocycles. The molecule has 0 bridgehead atoms. The summed E-state index contributed by atoms with van der Waals surface area (Å²) in [5, 5.41) is 6.17. The lowest BCUT2D eigenvalue weighted by atomic mass is 10.1. The molecule has 8 nitrogen and oxygen atoms in total. The number of rotatable bonds is 5. The van der Waals surface area contributed by atoms with Gasteiger partial charge in [-0.3, -0.25) is 9.47 Å². The van der Waals surface area contributed by atoms with Gasteiger partial charge in [0.25, 0.3) is 0 Å². The Morgan fingerprint density at radius 3 is 2.77 bits per heavy atom. The van der Waals surface area contributed by atoms with Gasteiger partial charge in [-0.1, -0.05) is 30.3 Å². The van der Waals surface area contributed by atoms with Crippen molar-refractivity contribution in [3.05, 3.63) is 72.7 Å². The smallest absolute Gasteiger partial charge is 0.321 e. The van der Waals surface area contributed by atoms with Crippen molar-refractivity contribution in [3.8, 4) is 5.82 Å². The van der Waals surface area contributed by atoms with Crippen molar-refractivity contribution in [1.29, 1.82) is 0 Å². The maximum Gasteiger partial charge on any atom is 0.321 e. The van der Waals surface area contributed by atoms with Gasteiger partial charge in [0.1, 0.15) is 12.1 Å². The Hall–Kier alpha value is -3.94. The molecule has 1 fully saturated rings. The molecular weight excluding hydrogens is 378 g/mol. The monoisotopic (exact) mass is 399 g/mol. The van der Waals surface area contributed by atoms with Crippen molar-refractivity contribution in [3.63, 3.8) is 0 Å². The van der Waals surface area contributed by atoms with Crippen LogP contribution in [0, 0.1) is 0 Å². The highest BCUT2D eigenvalue weighted by atomic mass is 16.2. The average molecular weight is 399 g/mol. The number of fused-ring (bicyclic) bond motifs is 1. The summed E-state index contributed by atoms with van der Waals surface area (Å²) in [5.41, 5.74) is 3.72. The minimum atomic E-state index is -0.0761. The summed E-state index contributed by atoms with van der Waals surface area (Å²) >= 11 is 0. The summed E-state index contributed by atoms with van der Waals surface area (Å²) in [4.78, 5) is 27.2. The minimum absolute atomic E-state index is 0.0761. The second kappa shape index (κ2) is 7.47. The molecular formula is C22H21N7O. The summed E-state index contributed by atoms with van der Waals surface area (Å²) in [6, 6.07) is 17.9. The maximum atomic E-state index is 11.9. The molecule has 1 saturated heterocycles. The van der Waals surface area contributed by atoms with E-state index >= 15 is 0 Å². The minimum Gasteiger partial charge on any atom is -0.348 e. The third-order valence-electron chi connectivity index (χ3n) is 5.23. The van der Waals surface area contributed by atoms with E-state index in [1.165, 1.54) is 0 Å². The van der Waals surface area contributed by atoms with Gasteiger partial charge in [0.05, 0.1) is 17.1 Å². The molecule has 150 valence electrons. The molecule has 1 aliphatic rings. The Bertz CT molecular complexity index is 1200. The molecule has 3 heterocycles. The zero-order valence-corrected chi connectivity index (χ0v) is 16.5. The highest BCUT2D eigenvalue weighted by Gasteiger charge is 2.21. The number of carbonyl (C=O) groups is 1. The lowest BCUT2D eigenvalue weighted by Gasteiger charge is -2.15. The standard InChI is InChI=1S/C22H21N7O/c1-15(16-5-3-2-4-6-16)26-21-23-10-9-20(27-21)29-14-25-18-13-17(7-8-19(18)29)28-12-11-24-22(28)30/h2-10,13-15H,11-12H2,1H3,(H,24,30)(H,23,26,27)/t15-/m0/s1. The number of imidazole rings is 1. The molecule has 5 rings (SSSR count). The van der Waals surface area contributed by atoms with E-state index in [1.807, 2.05) is 47.0 Å². The first-order valence-electron chi connectivity index (χ1n) is 9.86. The zero-order chi connectivity index (χ0) is 20.5. The predicted octanol–water partition coefficient (Wildman–Crippen LogP) is 3.52. The Morgan fingerprint density at radius 1 is 1.10 bits per heavy atom. The van der Waals surface area contributed by atoms with Crippen molar-refractivity contribution in [2.45, 2.75) is 13.0 Å². The molecule has 0 spiro atoms. The summed E-state index contributed by atoms with van der Waals surface area (Å²) in [6.07, 6.45) is 3.47. The predicted molar refractivity (Wildman–Crippen MR) is 116 cm³/mol. The van der Waals surface area contributed by atoms with Crippen LogP contribution in [-0.4, -0.2) is 38.6 Å². The Kier molecular flexibility index (Phi) is 4.51. The van der Waals surface area contributed by atoms with Gasteiger partial charge in [-0.25, -0.2) is 14.8 Å². The lowest BCUT2D eigenvalue weighted by Crippen LogP contribution is -2.27. The van der Waals surface area contributed by atoms with Gasteiger partial charge < -0.3 is 10.6 Å². The van der Waals surface area contributed by atoms with E-state index in [-0.39, 0.29) is 12.1 Å². The fourth-order valence-corrected chi connectivity index (χ4v) is 3.64. The van der Waals surface area contributed by atoms with E-state index in [4.69, 9.17) is 0 Å². The van der Waals surface area contributed by atoms with Gasteiger partial charge in [-0.2, -0.15) is 4.98 Å². The number of urea groups is 1. The third kappa shape index (κ3) is 3.32. The number of hydrogen-bond donors (Lipinski definition) is 2. The van der Waals surface area contributed by atoms with Crippen LogP contribution >= 0.6 is 0 Å². The van der Waals surface area contributed by atoms with Gasteiger partial charge in [-0.15, -0.1) is 0 Å². The van der Waals surface area contributed by atoms with Crippen LogP contribution in [0.2, 0.25) is 0 Å². The van der Waals surface area contributed by atoms with Gasteiger partial charge in [-0.05, 0) is 36.8 Å². The zero-order valence-electron chi connectivity index (χ0n) is 16.5. The topological polar surface area (TPSA) is 88.0 Å². The summed E-state index contributed by atoms with van der Waals surface area (Å²) in [6.45, 7) is 3.39. The molecule has 2 aromatic carbocycles. The van der Waals surface area contributed by atoms with Crippen LogP contribution in [0.15, 0.2) is 67.1 Å². The molecule has 0 radical (unpaired) electrons. The second-order valence-corrected chi connectivity index (χ2v) is 7.19. The molecule has 1 atom stereocenters. The number of benzene rings is 2. The number of amides is 2. The van der Waals surface area contributed by atoms with E-state index < -0.39 is 0 Å². The first-order chi connectivity index (χ1) is 14.7. The van der Waals surface area contributed by atoms with Gasteiger partial charge in [0, 0.05) is 25.0 Å². The highest BCUT2D eigenvalue weighted by Crippen LogP contribution is 2.25. The van der Waals surface area contributed by atoms with Crippen LogP contribution in [-0.2, 0) is 0 Å². The van der Waals surface area contributed by atoms with Crippen molar-refractivity contribution in [2.75, 3.05) is 23.3 Å². The number of nitrogens with one attached hydrogen (secondary N) is 2. The van der Waals surface area contributed by atoms with E-state index in [0.29, 0.717) is 19.0 Å². The van der Waals surface area contributed by atoms with Crippen molar-refractivity contribution < 1.29 is 4.79 Å². The second-order valence-electron chi connectivity index (χ2n) is 7.19. The van der Waals surface area contributed by atoms with Gasteiger partial charge in [0.15, 0.2) is 0 Å². The average Bonchev–Trinajstić information content (AvgIpc) is 3.40. The van der Waals surface area contributed by atoms with Crippen LogP contribution in [0.5, 0.6) is 0 Å². The molecule has 2 N–H and O–H groups in total. The van der Waals surface area contributed by atoms with E-state index in [2.05, 4.69) is 44.6 Å². The van der Waals surface area contributed by atoms with Gasteiger partial charge in [0.2, 0.25) is 5.95 Å². The number of aromatic nitrogens is 4. The normalized spacial score (nSPS) is 14.7. The fraction of sp³-hybridized carbons (Fsp3) is 0.182. The van der Waals surface area contributed by atoms with Crippen molar-refractivity contribution in [1.82, 2.24) is 24.8 Å². The van der Waals surface area contributed by atoms with E-state index in [9.17, 15) is 4.79 Å². The SMILES string of the molecule is C[C@H](Nc1nccc(-n2cnc3cc(N4CCNC4=O)ccc32)n1)c1ccccc1. The third-order valence-corrected chi connectivity index (χ3v) is 5.23. The van der Waals surface area contributed by atoms with Crippen LogP contribution in [0.3, 0.4) is 0 Å². The summed E-state index contributed by atoms with van der Waals surface area (Å²) in [5.74, 6) is 1.28. The van der Waals surface area contributed by atoms with Gasteiger partial charge >= 0.3 is 6.03 Å². The van der Waals surface area contributed by atoms with Crippen LogP contribution < -0.4 is 15.5 Å².